The second kappa shape index (κ2) is 5.38. The summed E-state index contributed by atoms with van der Waals surface area (Å²) in [5, 5.41) is 19.3. The van der Waals surface area contributed by atoms with E-state index in [1.165, 1.54) is 0 Å². The monoisotopic (exact) mass is 299 g/mol. The molecule has 1 aromatic heterocycles. The maximum absolute atomic E-state index is 11.1. The Morgan fingerprint density at radius 3 is 2.48 bits per heavy atom. The Kier molecular flexibility index (Phi) is 3.41. The number of carboxylic acids is 1. The number of halogens is 1. The van der Waals surface area contributed by atoms with E-state index in [0.717, 1.165) is 11.1 Å². The number of hydrogen-bond acceptors (Lipinski definition) is 3. The lowest BCUT2D eigenvalue weighted by Crippen LogP contribution is -1.99. The summed E-state index contributed by atoms with van der Waals surface area (Å²) in [6.45, 7) is 0. The summed E-state index contributed by atoms with van der Waals surface area (Å²) in [7, 11) is 0. The number of benzene rings is 2. The molecule has 2 aromatic carbocycles. The first-order chi connectivity index (χ1) is 10.2. The van der Waals surface area contributed by atoms with Gasteiger partial charge in [0.15, 0.2) is 5.69 Å². The van der Waals surface area contributed by atoms with Gasteiger partial charge in [-0.2, -0.15) is 10.3 Å². The summed E-state index contributed by atoms with van der Waals surface area (Å²) in [6.07, 6.45) is 0. The van der Waals surface area contributed by atoms with Crippen LogP contribution in [0.15, 0.2) is 48.5 Å². The lowest BCUT2D eigenvalue weighted by molar-refractivity contribution is 0.0691. The van der Waals surface area contributed by atoms with E-state index in [1.807, 2.05) is 36.4 Å². The van der Waals surface area contributed by atoms with Crippen LogP contribution in [0.5, 0.6) is 0 Å². The molecular weight excluding hydrogens is 290 g/mol. The van der Waals surface area contributed by atoms with Crippen LogP contribution in [0, 0.1) is 0 Å². The predicted octanol–water partition coefficient (Wildman–Crippen LogP) is 3.49. The van der Waals surface area contributed by atoms with Crippen molar-refractivity contribution in [1.82, 2.24) is 15.4 Å². The van der Waals surface area contributed by atoms with Gasteiger partial charge >= 0.3 is 5.97 Å². The van der Waals surface area contributed by atoms with E-state index in [-0.39, 0.29) is 11.4 Å². The van der Waals surface area contributed by atoms with Gasteiger partial charge < -0.3 is 5.11 Å². The number of hydrogen-bond donors (Lipinski definition) is 2. The Morgan fingerprint density at radius 1 is 1.05 bits per heavy atom. The molecule has 0 unspecified atom stereocenters. The smallest absolute Gasteiger partial charge is 0.358 e. The molecule has 0 saturated heterocycles. The first-order valence-electron chi connectivity index (χ1n) is 6.16. The van der Waals surface area contributed by atoms with Crippen LogP contribution in [0.4, 0.5) is 0 Å². The largest absolute Gasteiger partial charge is 0.476 e. The number of aromatic carboxylic acids is 1. The summed E-state index contributed by atoms with van der Waals surface area (Å²) >= 11 is 6.27. The fourth-order valence-electron chi connectivity index (χ4n) is 2.09. The first kappa shape index (κ1) is 13.3. The topological polar surface area (TPSA) is 78.9 Å². The fourth-order valence-corrected chi connectivity index (χ4v) is 2.36. The first-order valence-corrected chi connectivity index (χ1v) is 6.54. The van der Waals surface area contributed by atoms with E-state index in [2.05, 4.69) is 15.4 Å². The van der Waals surface area contributed by atoms with Gasteiger partial charge in [-0.3, -0.25) is 0 Å². The molecule has 0 aliphatic carbocycles. The number of carboxylic acid groups (broad SMARTS) is 1. The number of aromatic nitrogens is 3. The number of rotatable bonds is 3. The minimum absolute atomic E-state index is 0.149. The maximum Gasteiger partial charge on any atom is 0.358 e. The molecule has 6 heteroatoms. The van der Waals surface area contributed by atoms with Crippen molar-refractivity contribution in [1.29, 1.82) is 0 Å². The van der Waals surface area contributed by atoms with Gasteiger partial charge in [-0.1, -0.05) is 54.1 Å². The molecule has 104 valence electrons. The second-order valence-corrected chi connectivity index (χ2v) is 4.79. The molecule has 0 amide bonds. The van der Waals surface area contributed by atoms with Crippen LogP contribution in [-0.4, -0.2) is 26.5 Å². The SMILES string of the molecule is O=C(O)c1n[nH]nc1-c1ccc(-c2ccccc2)cc1Cl. The molecule has 0 atom stereocenters. The van der Waals surface area contributed by atoms with Gasteiger partial charge in [0, 0.05) is 5.56 Å². The zero-order valence-corrected chi connectivity index (χ0v) is 11.5. The molecule has 0 bridgehead atoms. The number of aromatic amines is 1. The van der Waals surface area contributed by atoms with Crippen molar-refractivity contribution >= 4 is 17.6 Å². The standard InChI is InChI=1S/C15H10ClN3O2/c16-12-8-10(9-4-2-1-3-5-9)6-7-11(12)13-14(15(20)21)18-19-17-13/h1-8H,(H,20,21)(H,17,18,19). The Balaban J connectivity index is 2.07. The van der Waals surface area contributed by atoms with E-state index < -0.39 is 5.97 Å². The van der Waals surface area contributed by atoms with Crippen LogP contribution in [0.2, 0.25) is 5.02 Å². The molecule has 3 rings (SSSR count). The van der Waals surface area contributed by atoms with Gasteiger partial charge in [0.1, 0.15) is 5.69 Å². The number of nitrogens with zero attached hydrogens (tertiary/aromatic N) is 2. The molecule has 0 spiro atoms. The third-order valence-electron chi connectivity index (χ3n) is 3.08. The maximum atomic E-state index is 11.1. The zero-order valence-electron chi connectivity index (χ0n) is 10.7. The molecule has 1 heterocycles. The normalized spacial score (nSPS) is 10.5. The lowest BCUT2D eigenvalue weighted by Gasteiger charge is -2.06. The van der Waals surface area contributed by atoms with E-state index in [0.29, 0.717) is 10.6 Å². The average molecular weight is 300 g/mol. The molecule has 0 saturated carbocycles. The second-order valence-electron chi connectivity index (χ2n) is 4.39. The number of carbonyl (C=O) groups is 1. The molecule has 3 aromatic rings. The molecular formula is C15H10ClN3O2. The molecule has 5 nitrogen and oxygen atoms in total. The Morgan fingerprint density at radius 2 is 1.81 bits per heavy atom. The third kappa shape index (κ3) is 2.51. The van der Waals surface area contributed by atoms with E-state index >= 15 is 0 Å². The van der Waals surface area contributed by atoms with Crippen molar-refractivity contribution in [2.75, 3.05) is 0 Å². The quantitative estimate of drug-likeness (QED) is 0.776. The molecule has 0 aliphatic heterocycles. The summed E-state index contributed by atoms with van der Waals surface area (Å²) < 4.78 is 0. The summed E-state index contributed by atoms with van der Waals surface area (Å²) in [4.78, 5) is 11.1. The Hall–Kier alpha value is -2.66. The number of nitrogens with one attached hydrogen (secondary N) is 1. The predicted molar refractivity (Wildman–Crippen MR) is 79.2 cm³/mol. The van der Waals surface area contributed by atoms with Crippen molar-refractivity contribution in [3.63, 3.8) is 0 Å². The van der Waals surface area contributed by atoms with Gasteiger partial charge in [0.2, 0.25) is 0 Å². The van der Waals surface area contributed by atoms with Crippen LogP contribution < -0.4 is 0 Å². The molecule has 0 fully saturated rings. The average Bonchev–Trinajstić information content (AvgIpc) is 2.97. The van der Waals surface area contributed by atoms with Crippen LogP contribution >= 0.6 is 11.6 Å². The van der Waals surface area contributed by atoms with E-state index in [1.54, 1.807) is 12.1 Å². The van der Waals surface area contributed by atoms with Gasteiger partial charge in [-0.15, -0.1) is 5.10 Å². The van der Waals surface area contributed by atoms with Crippen molar-refractivity contribution < 1.29 is 9.90 Å². The highest BCUT2D eigenvalue weighted by molar-refractivity contribution is 6.33. The third-order valence-corrected chi connectivity index (χ3v) is 3.39. The minimum atomic E-state index is -1.15. The highest BCUT2D eigenvalue weighted by Gasteiger charge is 2.19. The van der Waals surface area contributed by atoms with Crippen LogP contribution in [-0.2, 0) is 0 Å². The van der Waals surface area contributed by atoms with Gasteiger partial charge in [-0.25, -0.2) is 4.79 Å². The highest BCUT2D eigenvalue weighted by atomic mass is 35.5. The number of H-pyrrole nitrogens is 1. The molecule has 0 aliphatic rings. The van der Waals surface area contributed by atoms with Crippen molar-refractivity contribution in [2.24, 2.45) is 0 Å². The Labute approximate surface area is 125 Å². The van der Waals surface area contributed by atoms with Crippen LogP contribution in [0.3, 0.4) is 0 Å². The van der Waals surface area contributed by atoms with E-state index in [9.17, 15) is 4.79 Å². The van der Waals surface area contributed by atoms with Crippen LogP contribution in [0.1, 0.15) is 10.5 Å². The minimum Gasteiger partial charge on any atom is -0.476 e. The fraction of sp³-hybridized carbons (Fsp3) is 0. The van der Waals surface area contributed by atoms with Gasteiger partial charge in [0.05, 0.1) is 5.02 Å². The highest BCUT2D eigenvalue weighted by Crippen LogP contribution is 2.32. The van der Waals surface area contributed by atoms with Crippen LogP contribution in [0.25, 0.3) is 22.4 Å². The molecule has 0 radical (unpaired) electrons. The Bertz CT molecular complexity index is 800. The van der Waals surface area contributed by atoms with Crippen molar-refractivity contribution in [3.8, 4) is 22.4 Å². The van der Waals surface area contributed by atoms with Gasteiger partial charge in [-0.05, 0) is 17.2 Å². The molecule has 21 heavy (non-hydrogen) atoms. The summed E-state index contributed by atoms with van der Waals surface area (Å²) in [5.74, 6) is -1.15. The summed E-state index contributed by atoms with van der Waals surface area (Å²) in [6, 6.07) is 15.2. The van der Waals surface area contributed by atoms with E-state index in [4.69, 9.17) is 16.7 Å². The van der Waals surface area contributed by atoms with Crippen molar-refractivity contribution in [3.05, 3.63) is 59.2 Å². The summed E-state index contributed by atoms with van der Waals surface area (Å²) in [5.41, 5.74) is 2.59. The zero-order chi connectivity index (χ0) is 14.8. The lowest BCUT2D eigenvalue weighted by atomic mass is 10.0. The molecule has 2 N–H and O–H groups in total. The van der Waals surface area contributed by atoms with Gasteiger partial charge in [0.25, 0.3) is 0 Å². The van der Waals surface area contributed by atoms with Crippen molar-refractivity contribution in [2.45, 2.75) is 0 Å².